The zero-order valence-electron chi connectivity index (χ0n) is 16.2. The van der Waals surface area contributed by atoms with Crippen LogP contribution in [0.2, 0.25) is 0 Å². The minimum absolute atomic E-state index is 0.0833. The van der Waals surface area contributed by atoms with Crippen molar-refractivity contribution in [2.45, 2.75) is 64.7 Å². The summed E-state index contributed by atoms with van der Waals surface area (Å²) in [6.45, 7) is 8.25. The molecule has 144 valence electrons. The second-order valence-corrected chi connectivity index (χ2v) is 7.29. The number of methoxy groups -OCH3 is 1. The second-order valence-electron chi connectivity index (χ2n) is 7.29. The van der Waals surface area contributed by atoms with Crippen molar-refractivity contribution in [2.75, 3.05) is 13.7 Å². The summed E-state index contributed by atoms with van der Waals surface area (Å²) >= 11 is 0. The lowest BCUT2D eigenvalue weighted by Gasteiger charge is -2.27. The van der Waals surface area contributed by atoms with Gasteiger partial charge in [0.25, 0.3) is 5.91 Å². The molecule has 1 aliphatic heterocycles. The summed E-state index contributed by atoms with van der Waals surface area (Å²) in [5.41, 5.74) is 2.11. The first-order valence-electron chi connectivity index (χ1n) is 9.05. The van der Waals surface area contributed by atoms with Crippen LogP contribution in [-0.2, 0) is 14.3 Å². The van der Waals surface area contributed by atoms with Crippen LogP contribution in [0.25, 0.3) is 0 Å². The number of carboxylic acids is 1. The number of nitrogens with zero attached hydrogens (tertiary/aromatic N) is 1. The lowest BCUT2D eigenvalue weighted by atomic mass is 10.0. The molecule has 1 fully saturated rings. The minimum atomic E-state index is -0.918. The first kappa shape index (κ1) is 20.2. The molecular formula is C20H29NO5. The number of aryl methyl sites for hydroxylation is 1. The van der Waals surface area contributed by atoms with E-state index in [2.05, 4.69) is 13.8 Å². The predicted octanol–water partition coefficient (Wildman–Crippen LogP) is 2.98. The van der Waals surface area contributed by atoms with Crippen LogP contribution in [0.5, 0.6) is 5.75 Å². The van der Waals surface area contributed by atoms with Crippen molar-refractivity contribution < 1.29 is 24.2 Å². The number of carboxylic acid groups (broad SMARTS) is 1. The fourth-order valence-corrected chi connectivity index (χ4v) is 3.40. The molecule has 0 aromatic heterocycles. The zero-order chi connectivity index (χ0) is 19.4. The Kier molecular flexibility index (Phi) is 6.64. The third kappa shape index (κ3) is 4.75. The molecule has 3 atom stereocenters. The van der Waals surface area contributed by atoms with Crippen molar-refractivity contribution in [1.29, 1.82) is 0 Å². The summed E-state index contributed by atoms with van der Waals surface area (Å²) in [4.78, 5) is 25.6. The van der Waals surface area contributed by atoms with Crippen molar-refractivity contribution >= 4 is 11.9 Å². The molecule has 6 heteroatoms. The monoisotopic (exact) mass is 363 g/mol. The van der Waals surface area contributed by atoms with E-state index in [0.717, 1.165) is 11.1 Å². The standard InChI is InChI=1S/C20H29NO5/c1-12(2)17-7-6-13(3)8-18(17)26-14(4)20(24)21-11-16(25-5)9-15(21)10-19(22)23/h6-8,12,14-16H,9-11H2,1-5H3,(H,22,23). The molecule has 26 heavy (non-hydrogen) atoms. The molecule has 1 amide bonds. The van der Waals surface area contributed by atoms with Gasteiger partial charge < -0.3 is 19.5 Å². The van der Waals surface area contributed by atoms with Gasteiger partial charge in [-0.1, -0.05) is 26.0 Å². The van der Waals surface area contributed by atoms with Crippen LogP contribution in [0.4, 0.5) is 0 Å². The third-order valence-corrected chi connectivity index (χ3v) is 4.85. The number of rotatable bonds is 7. The lowest BCUT2D eigenvalue weighted by molar-refractivity contribution is -0.142. The van der Waals surface area contributed by atoms with Crippen LogP contribution in [0.3, 0.4) is 0 Å². The number of carbonyl (C=O) groups is 2. The van der Waals surface area contributed by atoms with E-state index in [0.29, 0.717) is 18.7 Å². The molecule has 1 heterocycles. The van der Waals surface area contributed by atoms with Gasteiger partial charge in [-0.2, -0.15) is 0 Å². The number of carbonyl (C=O) groups excluding carboxylic acids is 1. The molecule has 0 radical (unpaired) electrons. The van der Waals surface area contributed by atoms with Crippen molar-refractivity contribution in [2.24, 2.45) is 0 Å². The first-order valence-corrected chi connectivity index (χ1v) is 9.05. The number of aliphatic carboxylic acids is 1. The first-order chi connectivity index (χ1) is 12.2. The fraction of sp³-hybridized carbons (Fsp3) is 0.600. The van der Waals surface area contributed by atoms with Crippen molar-refractivity contribution in [1.82, 2.24) is 4.90 Å². The molecule has 1 saturated heterocycles. The summed E-state index contributed by atoms with van der Waals surface area (Å²) in [5.74, 6) is -0.138. The van der Waals surface area contributed by atoms with Crippen LogP contribution in [0.1, 0.15) is 50.7 Å². The Morgan fingerprint density at radius 3 is 2.58 bits per heavy atom. The van der Waals surface area contributed by atoms with Gasteiger partial charge in [-0.15, -0.1) is 0 Å². The van der Waals surface area contributed by atoms with E-state index in [1.807, 2.05) is 25.1 Å². The summed E-state index contributed by atoms with van der Waals surface area (Å²) in [7, 11) is 1.58. The Hall–Kier alpha value is -2.08. The van der Waals surface area contributed by atoms with E-state index >= 15 is 0 Å². The smallest absolute Gasteiger partial charge is 0.305 e. The predicted molar refractivity (Wildman–Crippen MR) is 98.5 cm³/mol. The topological polar surface area (TPSA) is 76.1 Å². The van der Waals surface area contributed by atoms with E-state index < -0.39 is 12.1 Å². The van der Waals surface area contributed by atoms with Gasteiger partial charge in [-0.25, -0.2) is 0 Å². The molecule has 0 saturated carbocycles. The summed E-state index contributed by atoms with van der Waals surface area (Å²) in [6, 6.07) is 5.63. The SMILES string of the molecule is COC1CC(CC(=O)O)N(C(=O)C(C)Oc2cc(C)ccc2C(C)C)C1. The van der Waals surface area contributed by atoms with Crippen LogP contribution in [0, 0.1) is 6.92 Å². The molecule has 2 rings (SSSR count). The van der Waals surface area contributed by atoms with E-state index in [9.17, 15) is 9.59 Å². The highest BCUT2D eigenvalue weighted by Gasteiger charge is 2.38. The fourth-order valence-electron chi connectivity index (χ4n) is 3.40. The quantitative estimate of drug-likeness (QED) is 0.806. The molecule has 0 spiro atoms. The number of benzene rings is 1. The van der Waals surface area contributed by atoms with Crippen molar-refractivity contribution in [3.05, 3.63) is 29.3 Å². The minimum Gasteiger partial charge on any atom is -0.481 e. The largest absolute Gasteiger partial charge is 0.481 e. The second kappa shape index (κ2) is 8.54. The van der Waals surface area contributed by atoms with Crippen LogP contribution < -0.4 is 4.74 Å². The van der Waals surface area contributed by atoms with Gasteiger partial charge in [0.2, 0.25) is 0 Å². The highest BCUT2D eigenvalue weighted by Crippen LogP contribution is 2.29. The molecular weight excluding hydrogens is 334 g/mol. The maximum Gasteiger partial charge on any atom is 0.305 e. The zero-order valence-corrected chi connectivity index (χ0v) is 16.2. The third-order valence-electron chi connectivity index (χ3n) is 4.85. The maximum atomic E-state index is 12.9. The Balaban J connectivity index is 2.16. The van der Waals surface area contributed by atoms with Crippen molar-refractivity contribution in [3.8, 4) is 5.75 Å². The van der Waals surface area contributed by atoms with Crippen molar-refractivity contribution in [3.63, 3.8) is 0 Å². The number of amides is 1. The van der Waals surface area contributed by atoms with E-state index in [1.54, 1.807) is 18.9 Å². The highest BCUT2D eigenvalue weighted by atomic mass is 16.5. The van der Waals surface area contributed by atoms with Gasteiger partial charge in [0.1, 0.15) is 5.75 Å². The van der Waals surface area contributed by atoms with Crippen LogP contribution in [0.15, 0.2) is 18.2 Å². The van der Waals surface area contributed by atoms with E-state index in [-0.39, 0.29) is 30.4 Å². The summed E-state index contributed by atoms with van der Waals surface area (Å²) < 4.78 is 11.3. The van der Waals surface area contributed by atoms with E-state index in [4.69, 9.17) is 14.6 Å². The Morgan fingerprint density at radius 2 is 2.00 bits per heavy atom. The molecule has 6 nitrogen and oxygen atoms in total. The summed E-state index contributed by atoms with van der Waals surface area (Å²) in [5, 5.41) is 9.12. The number of ether oxygens (including phenoxy) is 2. The highest BCUT2D eigenvalue weighted by molar-refractivity contribution is 5.82. The van der Waals surface area contributed by atoms with Gasteiger partial charge in [-0.3, -0.25) is 9.59 Å². The van der Waals surface area contributed by atoms with Gasteiger partial charge in [0, 0.05) is 19.7 Å². The number of likely N-dealkylation sites (tertiary alicyclic amines) is 1. The lowest BCUT2D eigenvalue weighted by Crippen LogP contribution is -2.44. The molecule has 0 bridgehead atoms. The average Bonchev–Trinajstić information content (AvgIpc) is 2.96. The van der Waals surface area contributed by atoms with Gasteiger partial charge >= 0.3 is 5.97 Å². The van der Waals surface area contributed by atoms with Gasteiger partial charge in [0.05, 0.1) is 12.5 Å². The average molecular weight is 363 g/mol. The number of hydrogen-bond donors (Lipinski definition) is 1. The Bertz CT molecular complexity index is 658. The molecule has 1 aromatic carbocycles. The molecule has 1 N–H and O–H groups in total. The number of hydrogen-bond acceptors (Lipinski definition) is 4. The normalized spacial score (nSPS) is 21.1. The van der Waals surface area contributed by atoms with E-state index in [1.165, 1.54) is 0 Å². The van der Waals surface area contributed by atoms with Gasteiger partial charge in [-0.05, 0) is 43.4 Å². The Morgan fingerprint density at radius 1 is 1.31 bits per heavy atom. The van der Waals surface area contributed by atoms with Crippen LogP contribution >= 0.6 is 0 Å². The Labute approximate surface area is 155 Å². The maximum absolute atomic E-state index is 12.9. The molecule has 0 aliphatic carbocycles. The molecule has 1 aromatic rings. The van der Waals surface area contributed by atoms with Gasteiger partial charge in [0.15, 0.2) is 6.10 Å². The van der Waals surface area contributed by atoms with Crippen LogP contribution in [-0.4, -0.2) is 53.8 Å². The summed E-state index contributed by atoms with van der Waals surface area (Å²) in [6.07, 6.45) is -0.384. The molecule has 1 aliphatic rings. The molecule has 3 unspecified atom stereocenters.